The Labute approximate surface area is 137 Å². The van der Waals surface area contributed by atoms with Gasteiger partial charge in [-0.3, -0.25) is 4.79 Å². The predicted octanol–water partition coefficient (Wildman–Crippen LogP) is 3.47. The average molecular weight is 325 g/mol. The summed E-state index contributed by atoms with van der Waals surface area (Å²) in [6.07, 6.45) is -0.325. The molecule has 2 aromatic heterocycles. The fourth-order valence-corrected chi connectivity index (χ4v) is 4.11. The van der Waals surface area contributed by atoms with E-state index in [4.69, 9.17) is 0 Å². The van der Waals surface area contributed by atoms with Crippen molar-refractivity contribution in [1.29, 1.82) is 0 Å². The molecule has 3 N–H and O–H groups in total. The van der Waals surface area contributed by atoms with E-state index < -0.39 is 0 Å². The van der Waals surface area contributed by atoms with Crippen LogP contribution in [0.2, 0.25) is 0 Å². The van der Waals surface area contributed by atoms with Crippen molar-refractivity contribution in [2.75, 3.05) is 5.32 Å². The number of phenols is 1. The number of phenolic OH excluding ortho intramolecular Hbond substituents is 1. The van der Waals surface area contributed by atoms with Crippen LogP contribution in [-0.2, 0) is 0 Å². The minimum absolute atomic E-state index is 0.100. The van der Waals surface area contributed by atoms with Crippen LogP contribution in [0, 0.1) is 13.8 Å². The molecule has 3 heterocycles. The third-order valence-corrected chi connectivity index (χ3v) is 5.07. The van der Waals surface area contributed by atoms with Crippen LogP contribution in [0.15, 0.2) is 30.3 Å². The van der Waals surface area contributed by atoms with E-state index in [-0.39, 0.29) is 17.8 Å². The van der Waals surface area contributed by atoms with E-state index in [1.54, 1.807) is 24.3 Å². The molecule has 1 aromatic carbocycles. The SMILES string of the molecule is Cc1cc(C)c2c3c(sc2n1)C(=O)NC(c1ccc(O)cc1)N3. The number of thiophene rings is 1. The Bertz CT molecular complexity index is 931. The number of rotatable bonds is 1. The highest BCUT2D eigenvalue weighted by atomic mass is 32.1. The van der Waals surface area contributed by atoms with Gasteiger partial charge in [-0.25, -0.2) is 4.98 Å². The van der Waals surface area contributed by atoms with Gasteiger partial charge in [0.1, 0.15) is 21.6 Å². The Hall–Kier alpha value is -2.60. The summed E-state index contributed by atoms with van der Waals surface area (Å²) >= 11 is 1.41. The molecular formula is C17H15N3O2S. The molecule has 0 spiro atoms. The summed E-state index contributed by atoms with van der Waals surface area (Å²) in [7, 11) is 0. The number of nitrogens with one attached hydrogen (secondary N) is 2. The summed E-state index contributed by atoms with van der Waals surface area (Å²) in [6.45, 7) is 3.99. The van der Waals surface area contributed by atoms with Gasteiger partial charge in [0.25, 0.3) is 5.91 Å². The molecule has 0 saturated carbocycles. The molecule has 1 amide bonds. The lowest BCUT2D eigenvalue weighted by Crippen LogP contribution is -2.37. The lowest BCUT2D eigenvalue weighted by Gasteiger charge is -2.26. The molecule has 6 heteroatoms. The van der Waals surface area contributed by atoms with E-state index in [1.807, 2.05) is 19.9 Å². The number of nitrogens with zero attached hydrogens (tertiary/aromatic N) is 1. The standard InChI is InChI=1S/C17H15N3O2S/c1-8-7-9(2)18-17-12(8)13-14(23-17)16(22)20-15(19-13)10-3-5-11(21)6-4-10/h3-7,15,19,21H,1-2H3,(H,20,22). The quantitative estimate of drug-likeness (QED) is 0.640. The Balaban J connectivity index is 1.84. The topological polar surface area (TPSA) is 74.2 Å². The summed E-state index contributed by atoms with van der Waals surface area (Å²) in [4.78, 5) is 18.6. The molecule has 0 aliphatic carbocycles. The molecule has 0 fully saturated rings. The van der Waals surface area contributed by atoms with Crippen molar-refractivity contribution in [3.63, 3.8) is 0 Å². The first-order valence-corrected chi connectivity index (χ1v) is 8.11. The zero-order valence-electron chi connectivity index (χ0n) is 12.7. The Morgan fingerprint density at radius 3 is 2.65 bits per heavy atom. The zero-order chi connectivity index (χ0) is 16.1. The normalized spacial score (nSPS) is 16.8. The molecule has 0 radical (unpaired) electrons. The van der Waals surface area contributed by atoms with Gasteiger partial charge in [-0.1, -0.05) is 12.1 Å². The van der Waals surface area contributed by atoms with Crippen molar-refractivity contribution < 1.29 is 9.90 Å². The fourth-order valence-electron chi connectivity index (χ4n) is 2.95. The molecule has 1 unspecified atom stereocenters. The minimum atomic E-state index is -0.325. The van der Waals surface area contributed by atoms with Crippen LogP contribution in [0.4, 0.5) is 5.69 Å². The number of aryl methyl sites for hydroxylation is 2. The number of benzene rings is 1. The van der Waals surface area contributed by atoms with Crippen LogP contribution < -0.4 is 10.6 Å². The van der Waals surface area contributed by atoms with Crippen molar-refractivity contribution in [2.45, 2.75) is 20.0 Å². The van der Waals surface area contributed by atoms with E-state index in [9.17, 15) is 9.90 Å². The second-order valence-corrected chi connectivity index (χ2v) is 6.71. The van der Waals surface area contributed by atoms with E-state index >= 15 is 0 Å². The second kappa shape index (κ2) is 4.96. The van der Waals surface area contributed by atoms with Crippen molar-refractivity contribution in [2.24, 2.45) is 0 Å². The Kier molecular flexibility index (Phi) is 3.02. The number of aromatic hydroxyl groups is 1. The van der Waals surface area contributed by atoms with Crippen LogP contribution in [0.5, 0.6) is 5.75 Å². The maximum absolute atomic E-state index is 12.5. The largest absolute Gasteiger partial charge is 0.508 e. The van der Waals surface area contributed by atoms with Gasteiger partial charge in [0.15, 0.2) is 0 Å². The number of hydrogen-bond acceptors (Lipinski definition) is 5. The average Bonchev–Trinajstić information content (AvgIpc) is 2.87. The number of anilines is 1. The highest BCUT2D eigenvalue weighted by Gasteiger charge is 2.29. The van der Waals surface area contributed by atoms with Gasteiger partial charge >= 0.3 is 0 Å². The third kappa shape index (κ3) is 2.22. The van der Waals surface area contributed by atoms with Crippen molar-refractivity contribution >= 4 is 33.1 Å². The van der Waals surface area contributed by atoms with Gasteiger partial charge in [-0.15, -0.1) is 11.3 Å². The van der Waals surface area contributed by atoms with Crippen LogP contribution in [0.3, 0.4) is 0 Å². The summed E-state index contributed by atoms with van der Waals surface area (Å²) in [6, 6.07) is 8.84. The lowest BCUT2D eigenvalue weighted by atomic mass is 10.1. The molecule has 4 rings (SSSR count). The van der Waals surface area contributed by atoms with Crippen molar-refractivity contribution in [3.05, 3.63) is 52.0 Å². The molecule has 1 aliphatic rings. The minimum Gasteiger partial charge on any atom is -0.508 e. The van der Waals surface area contributed by atoms with Crippen molar-refractivity contribution in [1.82, 2.24) is 10.3 Å². The lowest BCUT2D eigenvalue weighted by molar-refractivity contribution is 0.0940. The predicted molar refractivity (Wildman–Crippen MR) is 91.0 cm³/mol. The first-order chi connectivity index (χ1) is 11.0. The van der Waals surface area contributed by atoms with E-state index in [1.165, 1.54) is 11.3 Å². The van der Waals surface area contributed by atoms with Crippen molar-refractivity contribution in [3.8, 4) is 5.75 Å². The van der Waals surface area contributed by atoms with Crippen LogP contribution >= 0.6 is 11.3 Å². The van der Waals surface area contributed by atoms with E-state index in [0.29, 0.717) is 4.88 Å². The summed E-state index contributed by atoms with van der Waals surface area (Å²) in [5.41, 5.74) is 3.79. The maximum Gasteiger partial charge on any atom is 0.265 e. The van der Waals surface area contributed by atoms with Crippen LogP contribution in [0.1, 0.15) is 32.7 Å². The van der Waals surface area contributed by atoms with E-state index in [0.717, 1.165) is 32.7 Å². The number of amides is 1. The Morgan fingerprint density at radius 1 is 1.17 bits per heavy atom. The molecule has 23 heavy (non-hydrogen) atoms. The molecule has 0 saturated heterocycles. The summed E-state index contributed by atoms with van der Waals surface area (Å²) < 4.78 is 0. The monoisotopic (exact) mass is 325 g/mol. The second-order valence-electron chi connectivity index (χ2n) is 5.71. The molecule has 116 valence electrons. The molecule has 5 nitrogen and oxygen atoms in total. The number of aromatic nitrogens is 1. The molecule has 0 bridgehead atoms. The van der Waals surface area contributed by atoms with E-state index in [2.05, 4.69) is 15.6 Å². The maximum atomic E-state index is 12.5. The number of fused-ring (bicyclic) bond motifs is 3. The van der Waals surface area contributed by atoms with Crippen LogP contribution in [0.25, 0.3) is 10.2 Å². The van der Waals surface area contributed by atoms with Gasteiger partial charge in [-0.2, -0.15) is 0 Å². The molecule has 3 aromatic rings. The summed E-state index contributed by atoms with van der Waals surface area (Å²) in [5, 5.41) is 16.8. The smallest absolute Gasteiger partial charge is 0.265 e. The summed E-state index contributed by atoms with van der Waals surface area (Å²) in [5.74, 6) is 0.102. The van der Waals surface area contributed by atoms with Gasteiger partial charge in [0.05, 0.1) is 5.69 Å². The highest BCUT2D eigenvalue weighted by molar-refractivity contribution is 7.21. The first-order valence-electron chi connectivity index (χ1n) is 7.30. The number of carbonyl (C=O) groups is 1. The molecular weight excluding hydrogens is 310 g/mol. The Morgan fingerprint density at radius 2 is 1.91 bits per heavy atom. The van der Waals surface area contributed by atoms with Gasteiger partial charge in [-0.05, 0) is 43.2 Å². The van der Waals surface area contributed by atoms with Crippen LogP contribution in [-0.4, -0.2) is 16.0 Å². The number of carbonyl (C=O) groups excluding carboxylic acids is 1. The van der Waals surface area contributed by atoms with Gasteiger partial charge < -0.3 is 15.7 Å². The first kappa shape index (κ1) is 14.0. The highest BCUT2D eigenvalue weighted by Crippen LogP contribution is 2.40. The zero-order valence-corrected chi connectivity index (χ0v) is 13.5. The fraction of sp³-hybridized carbons (Fsp3) is 0.176. The van der Waals surface area contributed by atoms with Gasteiger partial charge in [0, 0.05) is 11.1 Å². The number of hydrogen-bond donors (Lipinski definition) is 3. The number of pyridine rings is 1. The molecule has 1 atom stereocenters. The van der Waals surface area contributed by atoms with Gasteiger partial charge in [0.2, 0.25) is 0 Å². The third-order valence-electron chi connectivity index (χ3n) is 3.98. The molecule has 1 aliphatic heterocycles.